The number of carbonyl (C=O) groups is 2. The van der Waals surface area contributed by atoms with Gasteiger partial charge in [-0.3, -0.25) is 9.59 Å². The fraction of sp³-hybridized carbons (Fsp3) is 0.219. The van der Waals surface area contributed by atoms with Crippen molar-refractivity contribution in [3.8, 4) is 11.1 Å². The van der Waals surface area contributed by atoms with Gasteiger partial charge in [0.15, 0.2) is 0 Å². The number of amides is 2. The summed E-state index contributed by atoms with van der Waals surface area (Å²) in [4.78, 5) is 37.6. The van der Waals surface area contributed by atoms with Crippen LogP contribution >= 0.6 is 0 Å². The normalized spacial score (nSPS) is 12.0. The molecular formula is C32H32N4O2. The Morgan fingerprint density at radius 2 is 1.55 bits per heavy atom. The summed E-state index contributed by atoms with van der Waals surface area (Å²) < 4.78 is 0. The number of hydrogen-bond donors (Lipinski definition) is 1. The van der Waals surface area contributed by atoms with E-state index in [1.807, 2.05) is 25.1 Å². The fourth-order valence-corrected chi connectivity index (χ4v) is 5.11. The highest BCUT2D eigenvalue weighted by molar-refractivity contribution is 6.00. The monoisotopic (exact) mass is 504 g/mol. The zero-order chi connectivity index (χ0) is 26.6. The summed E-state index contributed by atoms with van der Waals surface area (Å²) in [7, 11) is 3.45. The molecule has 5 aromatic rings. The first-order chi connectivity index (χ1) is 18.5. The predicted molar refractivity (Wildman–Crippen MR) is 153 cm³/mol. The Kier molecular flexibility index (Phi) is 7.22. The van der Waals surface area contributed by atoms with Gasteiger partial charge in [0.1, 0.15) is 11.9 Å². The van der Waals surface area contributed by atoms with Crippen LogP contribution in [0.1, 0.15) is 24.7 Å². The van der Waals surface area contributed by atoms with Crippen LogP contribution in [0.25, 0.3) is 32.7 Å². The molecule has 6 heteroatoms. The minimum Gasteiger partial charge on any atom is -0.349 e. The number of aromatic nitrogens is 2. The van der Waals surface area contributed by atoms with Crippen molar-refractivity contribution >= 4 is 33.4 Å². The fourth-order valence-electron chi connectivity index (χ4n) is 5.11. The first-order valence-corrected chi connectivity index (χ1v) is 12.9. The Bertz CT molecular complexity index is 1590. The number of nitrogens with zero attached hydrogens (tertiary/aromatic N) is 3. The van der Waals surface area contributed by atoms with Gasteiger partial charge >= 0.3 is 0 Å². The first kappa shape index (κ1) is 25.2. The minimum atomic E-state index is -0.685. The average Bonchev–Trinajstić information content (AvgIpc) is 3.46. The van der Waals surface area contributed by atoms with Crippen LogP contribution < -0.4 is 0 Å². The van der Waals surface area contributed by atoms with Crippen LogP contribution in [-0.4, -0.2) is 51.7 Å². The molecule has 1 aromatic heterocycles. The number of hydrogen-bond acceptors (Lipinski definition) is 3. The van der Waals surface area contributed by atoms with E-state index < -0.39 is 6.04 Å². The van der Waals surface area contributed by atoms with Gasteiger partial charge in [-0.05, 0) is 50.4 Å². The molecule has 0 fully saturated rings. The van der Waals surface area contributed by atoms with Gasteiger partial charge in [0, 0.05) is 45.9 Å². The van der Waals surface area contributed by atoms with Crippen molar-refractivity contribution in [2.75, 3.05) is 14.1 Å². The van der Waals surface area contributed by atoms with E-state index in [0.29, 0.717) is 25.2 Å². The van der Waals surface area contributed by atoms with E-state index in [4.69, 9.17) is 0 Å². The van der Waals surface area contributed by atoms with Gasteiger partial charge in [0.05, 0.1) is 0 Å². The molecule has 1 N–H and O–H groups in total. The van der Waals surface area contributed by atoms with Crippen molar-refractivity contribution in [1.29, 1.82) is 0 Å². The first-order valence-electron chi connectivity index (χ1n) is 12.9. The second-order valence-electron chi connectivity index (χ2n) is 9.75. The van der Waals surface area contributed by atoms with Crippen LogP contribution in [0.4, 0.5) is 0 Å². The topological polar surface area (TPSA) is 69.3 Å². The Hall–Kier alpha value is -4.45. The van der Waals surface area contributed by atoms with Crippen molar-refractivity contribution in [1.82, 2.24) is 19.8 Å². The maximum atomic E-state index is 13.5. The van der Waals surface area contributed by atoms with Crippen molar-refractivity contribution in [2.24, 2.45) is 0 Å². The van der Waals surface area contributed by atoms with Gasteiger partial charge in [-0.1, -0.05) is 73.7 Å². The average molecular weight is 505 g/mol. The van der Waals surface area contributed by atoms with Crippen LogP contribution in [0.2, 0.25) is 0 Å². The Labute approximate surface area is 222 Å². The van der Waals surface area contributed by atoms with E-state index in [2.05, 4.69) is 70.6 Å². The molecule has 0 bridgehead atoms. The summed E-state index contributed by atoms with van der Waals surface area (Å²) in [5, 5.41) is 4.53. The number of carbonyl (C=O) groups excluding carboxylic acids is 2. The smallest absolute Gasteiger partial charge is 0.245 e. The molecule has 0 aliphatic heterocycles. The highest BCUT2D eigenvalue weighted by atomic mass is 16.2. The maximum Gasteiger partial charge on any atom is 0.245 e. The van der Waals surface area contributed by atoms with Gasteiger partial charge in [-0.25, -0.2) is 4.98 Å². The zero-order valence-electron chi connectivity index (χ0n) is 22.0. The molecule has 1 atom stereocenters. The van der Waals surface area contributed by atoms with Crippen LogP contribution in [0.3, 0.4) is 0 Å². The summed E-state index contributed by atoms with van der Waals surface area (Å²) in [5.41, 5.74) is 3.16. The maximum absolute atomic E-state index is 13.5. The predicted octanol–water partition coefficient (Wildman–Crippen LogP) is 5.82. The summed E-state index contributed by atoms with van der Waals surface area (Å²) in [6.45, 7) is 2.15. The second-order valence-corrected chi connectivity index (χ2v) is 9.75. The van der Waals surface area contributed by atoms with Crippen molar-refractivity contribution in [3.05, 3.63) is 103 Å². The van der Waals surface area contributed by atoms with Gasteiger partial charge < -0.3 is 14.8 Å². The van der Waals surface area contributed by atoms with Gasteiger partial charge in [0.2, 0.25) is 11.8 Å². The van der Waals surface area contributed by atoms with E-state index in [1.54, 1.807) is 36.3 Å². The van der Waals surface area contributed by atoms with Crippen molar-refractivity contribution < 1.29 is 9.59 Å². The lowest BCUT2D eigenvalue weighted by atomic mass is 9.91. The van der Waals surface area contributed by atoms with Crippen molar-refractivity contribution in [2.45, 2.75) is 32.4 Å². The molecule has 38 heavy (non-hydrogen) atoms. The molecule has 0 aliphatic carbocycles. The Morgan fingerprint density at radius 1 is 0.868 bits per heavy atom. The van der Waals surface area contributed by atoms with E-state index in [1.165, 1.54) is 0 Å². The van der Waals surface area contributed by atoms with Crippen LogP contribution in [0.15, 0.2) is 91.3 Å². The van der Waals surface area contributed by atoms with E-state index in [0.717, 1.165) is 38.2 Å². The molecule has 0 saturated heterocycles. The van der Waals surface area contributed by atoms with Crippen LogP contribution in [0, 0.1) is 0 Å². The summed E-state index contributed by atoms with van der Waals surface area (Å²) in [6.07, 6.45) is 4.01. The minimum absolute atomic E-state index is 0.0752. The van der Waals surface area contributed by atoms with E-state index >= 15 is 0 Å². The molecule has 2 amide bonds. The molecule has 4 aromatic carbocycles. The quantitative estimate of drug-likeness (QED) is 0.289. The third-order valence-electron chi connectivity index (χ3n) is 7.06. The molecule has 0 unspecified atom stereocenters. The van der Waals surface area contributed by atoms with Crippen LogP contribution in [-0.2, 0) is 22.6 Å². The van der Waals surface area contributed by atoms with Gasteiger partial charge in [-0.15, -0.1) is 0 Å². The van der Waals surface area contributed by atoms with Gasteiger partial charge in [-0.2, -0.15) is 0 Å². The van der Waals surface area contributed by atoms with E-state index in [-0.39, 0.29) is 11.8 Å². The molecule has 5 rings (SSSR count). The van der Waals surface area contributed by atoms with Crippen molar-refractivity contribution in [3.63, 3.8) is 0 Å². The third-order valence-corrected chi connectivity index (χ3v) is 7.06. The number of nitrogens with one attached hydrogen (secondary N) is 1. The lowest BCUT2D eigenvalue weighted by Gasteiger charge is -2.33. The number of fused-ring (bicyclic) bond motifs is 2. The highest BCUT2D eigenvalue weighted by Gasteiger charge is 2.32. The summed E-state index contributed by atoms with van der Waals surface area (Å²) >= 11 is 0. The number of H-pyrrole nitrogens is 1. The summed E-state index contributed by atoms with van der Waals surface area (Å²) in [5.74, 6) is 0.469. The molecular weight excluding hydrogens is 472 g/mol. The largest absolute Gasteiger partial charge is 0.349 e. The third kappa shape index (κ3) is 5.02. The Balaban J connectivity index is 1.67. The Morgan fingerprint density at radius 3 is 2.24 bits per heavy atom. The molecule has 0 aliphatic rings. The number of benzene rings is 4. The van der Waals surface area contributed by atoms with Gasteiger partial charge in [0.25, 0.3) is 0 Å². The van der Waals surface area contributed by atoms with E-state index in [9.17, 15) is 9.59 Å². The number of rotatable bonds is 8. The molecule has 0 radical (unpaired) electrons. The lowest BCUT2D eigenvalue weighted by Crippen LogP contribution is -2.50. The molecule has 6 nitrogen and oxygen atoms in total. The number of likely N-dealkylation sites (N-methyl/N-ethyl adjacent to an activating group) is 1. The molecule has 1 heterocycles. The number of aromatic amines is 1. The molecule has 0 spiro atoms. The standard InChI is InChI=1S/C32H32N4O2/c1-4-31(37)36(29(32(38)35(2)3)20-30-33-16-17-34-30)21-25-18-23-11-5-6-12-24(23)19-28(25)27-15-9-13-22-10-7-8-14-26(22)27/h5-19,29H,4,20-21H2,1-3H3,(H,33,34)/t29-/m0/s1. The SMILES string of the molecule is CCC(=O)N(Cc1cc2ccccc2cc1-c1cccc2ccccc12)[C@@H](Cc1ncc[nH]1)C(=O)N(C)C. The van der Waals surface area contributed by atoms with Crippen LogP contribution in [0.5, 0.6) is 0 Å². The molecule has 192 valence electrons. The number of imidazole rings is 1. The second kappa shape index (κ2) is 10.9. The zero-order valence-corrected chi connectivity index (χ0v) is 22.0. The molecule has 0 saturated carbocycles. The highest BCUT2D eigenvalue weighted by Crippen LogP contribution is 2.35. The lowest BCUT2D eigenvalue weighted by molar-refractivity contribution is -0.144. The summed E-state index contributed by atoms with van der Waals surface area (Å²) in [6, 6.07) is 26.6.